The summed E-state index contributed by atoms with van der Waals surface area (Å²) >= 11 is 0. The van der Waals surface area contributed by atoms with E-state index in [2.05, 4.69) is 35.4 Å². The minimum absolute atomic E-state index is 0.0282. The van der Waals surface area contributed by atoms with Gasteiger partial charge in [0, 0.05) is 31.1 Å². The van der Waals surface area contributed by atoms with Crippen LogP contribution < -0.4 is 10.2 Å². The van der Waals surface area contributed by atoms with Gasteiger partial charge in [-0.15, -0.1) is 0 Å². The van der Waals surface area contributed by atoms with Gasteiger partial charge in [-0.2, -0.15) is 5.10 Å². The highest BCUT2D eigenvalue weighted by molar-refractivity contribution is 5.91. The molecule has 10 nitrogen and oxygen atoms in total. The van der Waals surface area contributed by atoms with Crippen LogP contribution in [-0.4, -0.2) is 48.9 Å². The molecule has 0 atom stereocenters. The quantitative estimate of drug-likeness (QED) is 0.745. The first-order valence-electron chi connectivity index (χ1n) is 7.93. The first-order chi connectivity index (χ1) is 12.3. The number of hydrogen-bond acceptors (Lipinski definition) is 8. The Kier molecular flexibility index (Phi) is 4.07. The van der Waals surface area contributed by atoms with E-state index in [1.165, 1.54) is 18.9 Å². The van der Waals surface area contributed by atoms with Crippen molar-refractivity contribution in [2.45, 2.75) is 12.8 Å². The van der Waals surface area contributed by atoms with Gasteiger partial charge < -0.3 is 14.7 Å². The SMILES string of the molecule is O=C(Nc1ccon1)C1CCN(c2cc(-n3cncn3)ncn2)CC1. The van der Waals surface area contributed by atoms with Crippen LogP contribution in [0.3, 0.4) is 0 Å². The number of rotatable bonds is 4. The molecule has 0 bridgehead atoms. The number of nitrogens with one attached hydrogen (secondary N) is 1. The number of hydrogen-bond donors (Lipinski definition) is 1. The van der Waals surface area contributed by atoms with Crippen molar-refractivity contribution in [3.8, 4) is 5.82 Å². The molecule has 1 N–H and O–H groups in total. The highest BCUT2D eigenvalue weighted by Gasteiger charge is 2.26. The Morgan fingerprint density at radius 1 is 1.20 bits per heavy atom. The number of aromatic nitrogens is 6. The molecular formula is C15H16N8O2. The maximum atomic E-state index is 12.3. The summed E-state index contributed by atoms with van der Waals surface area (Å²) in [5.41, 5.74) is 0. The van der Waals surface area contributed by atoms with E-state index < -0.39 is 0 Å². The Morgan fingerprint density at radius 3 is 2.76 bits per heavy atom. The van der Waals surface area contributed by atoms with Crippen molar-refractivity contribution in [3.05, 3.63) is 37.4 Å². The van der Waals surface area contributed by atoms with Gasteiger partial charge >= 0.3 is 0 Å². The lowest BCUT2D eigenvalue weighted by Crippen LogP contribution is -2.38. The predicted octanol–water partition coefficient (Wildman–Crippen LogP) is 0.900. The summed E-state index contributed by atoms with van der Waals surface area (Å²) in [6.45, 7) is 1.48. The van der Waals surface area contributed by atoms with Crippen molar-refractivity contribution in [3.63, 3.8) is 0 Å². The van der Waals surface area contributed by atoms with Crippen LogP contribution in [0.2, 0.25) is 0 Å². The molecule has 0 spiro atoms. The lowest BCUT2D eigenvalue weighted by Gasteiger charge is -2.32. The predicted molar refractivity (Wildman–Crippen MR) is 87.0 cm³/mol. The second-order valence-corrected chi connectivity index (χ2v) is 5.71. The van der Waals surface area contributed by atoms with E-state index in [1.807, 2.05) is 6.07 Å². The molecule has 4 rings (SSSR count). The third-order valence-electron chi connectivity index (χ3n) is 4.17. The fourth-order valence-electron chi connectivity index (χ4n) is 2.84. The fraction of sp³-hybridized carbons (Fsp3) is 0.333. The fourth-order valence-corrected chi connectivity index (χ4v) is 2.84. The normalized spacial score (nSPS) is 15.3. The number of amides is 1. The van der Waals surface area contributed by atoms with Gasteiger partial charge in [0.2, 0.25) is 5.91 Å². The molecule has 0 saturated carbocycles. The minimum Gasteiger partial charge on any atom is -0.363 e. The van der Waals surface area contributed by atoms with Crippen molar-refractivity contribution in [1.29, 1.82) is 0 Å². The molecule has 0 radical (unpaired) electrons. The highest BCUT2D eigenvalue weighted by atomic mass is 16.5. The van der Waals surface area contributed by atoms with Gasteiger partial charge in [0.05, 0.1) is 0 Å². The molecule has 10 heteroatoms. The van der Waals surface area contributed by atoms with Crippen LogP contribution in [0.5, 0.6) is 0 Å². The third kappa shape index (κ3) is 3.32. The molecule has 1 fully saturated rings. The Hall–Kier alpha value is -3.30. The summed E-state index contributed by atoms with van der Waals surface area (Å²) in [6.07, 6.45) is 7.47. The molecule has 0 aromatic carbocycles. The molecule has 1 amide bonds. The van der Waals surface area contributed by atoms with E-state index in [4.69, 9.17) is 4.52 Å². The molecule has 1 saturated heterocycles. The monoisotopic (exact) mass is 340 g/mol. The number of anilines is 2. The zero-order valence-corrected chi connectivity index (χ0v) is 13.3. The second-order valence-electron chi connectivity index (χ2n) is 5.71. The molecule has 1 aliphatic heterocycles. The topological polar surface area (TPSA) is 115 Å². The maximum absolute atomic E-state index is 12.3. The summed E-state index contributed by atoms with van der Waals surface area (Å²) in [5, 5.41) is 10.5. The minimum atomic E-state index is -0.0513. The van der Waals surface area contributed by atoms with Gasteiger partial charge in [0.15, 0.2) is 11.6 Å². The van der Waals surface area contributed by atoms with Crippen molar-refractivity contribution in [1.82, 2.24) is 29.9 Å². The van der Waals surface area contributed by atoms with E-state index in [0.717, 1.165) is 31.7 Å². The van der Waals surface area contributed by atoms with Crippen LogP contribution in [0.4, 0.5) is 11.6 Å². The van der Waals surface area contributed by atoms with Gasteiger partial charge in [0.1, 0.15) is 31.1 Å². The Balaban J connectivity index is 1.39. The van der Waals surface area contributed by atoms with Crippen molar-refractivity contribution >= 4 is 17.5 Å². The average molecular weight is 340 g/mol. The van der Waals surface area contributed by atoms with Gasteiger partial charge in [-0.05, 0) is 12.8 Å². The Labute approximate surface area is 142 Å². The number of nitrogens with zero attached hydrogens (tertiary/aromatic N) is 7. The zero-order chi connectivity index (χ0) is 17.1. The maximum Gasteiger partial charge on any atom is 0.228 e. The van der Waals surface area contributed by atoms with Crippen LogP contribution in [0.25, 0.3) is 5.82 Å². The molecule has 0 unspecified atom stereocenters. The van der Waals surface area contributed by atoms with E-state index in [0.29, 0.717) is 11.6 Å². The summed E-state index contributed by atoms with van der Waals surface area (Å²) in [7, 11) is 0. The first-order valence-corrected chi connectivity index (χ1v) is 7.93. The van der Waals surface area contributed by atoms with Gasteiger partial charge in [-0.1, -0.05) is 5.16 Å². The molecular weight excluding hydrogens is 324 g/mol. The van der Waals surface area contributed by atoms with Crippen LogP contribution in [0.1, 0.15) is 12.8 Å². The lowest BCUT2D eigenvalue weighted by molar-refractivity contribution is -0.120. The van der Waals surface area contributed by atoms with Crippen molar-refractivity contribution < 1.29 is 9.32 Å². The molecule has 4 heterocycles. The standard InChI is InChI=1S/C15H16N8O2/c24-15(20-12-3-6-25-21-12)11-1-4-22(5-2-11)13-7-14(18-9-17-13)23-10-16-8-19-23/h3,6-11H,1-2,4-5H2,(H,20,21,24). The van der Waals surface area contributed by atoms with Crippen LogP contribution in [-0.2, 0) is 4.79 Å². The summed E-state index contributed by atoms with van der Waals surface area (Å²) in [4.78, 5) is 26.9. The van der Waals surface area contributed by atoms with Crippen LogP contribution in [0.15, 0.2) is 41.9 Å². The molecule has 25 heavy (non-hydrogen) atoms. The van der Waals surface area contributed by atoms with Gasteiger partial charge in [0.25, 0.3) is 0 Å². The summed E-state index contributed by atoms with van der Waals surface area (Å²) in [6, 6.07) is 3.49. The third-order valence-corrected chi connectivity index (χ3v) is 4.17. The molecule has 1 aliphatic rings. The van der Waals surface area contributed by atoms with Crippen LogP contribution in [0, 0.1) is 5.92 Å². The van der Waals surface area contributed by atoms with E-state index >= 15 is 0 Å². The van der Waals surface area contributed by atoms with E-state index in [9.17, 15) is 4.79 Å². The zero-order valence-electron chi connectivity index (χ0n) is 13.3. The Morgan fingerprint density at radius 2 is 2.04 bits per heavy atom. The van der Waals surface area contributed by atoms with E-state index in [-0.39, 0.29) is 11.8 Å². The summed E-state index contributed by atoms with van der Waals surface area (Å²) in [5.74, 6) is 1.84. The number of carbonyl (C=O) groups excluding carboxylic acids is 1. The van der Waals surface area contributed by atoms with E-state index in [1.54, 1.807) is 17.1 Å². The average Bonchev–Trinajstić information content (AvgIpc) is 3.36. The van der Waals surface area contributed by atoms with Crippen molar-refractivity contribution in [2.75, 3.05) is 23.3 Å². The first kappa shape index (κ1) is 15.2. The molecule has 0 aliphatic carbocycles. The van der Waals surface area contributed by atoms with Crippen molar-refractivity contribution in [2.24, 2.45) is 5.92 Å². The smallest absolute Gasteiger partial charge is 0.228 e. The van der Waals surface area contributed by atoms with Gasteiger partial charge in [-0.3, -0.25) is 4.79 Å². The van der Waals surface area contributed by atoms with Crippen LogP contribution >= 0.6 is 0 Å². The number of piperidine rings is 1. The molecule has 3 aromatic heterocycles. The molecule has 128 valence electrons. The molecule has 3 aromatic rings. The lowest BCUT2D eigenvalue weighted by atomic mass is 9.96. The van der Waals surface area contributed by atoms with Gasteiger partial charge in [-0.25, -0.2) is 19.6 Å². The number of carbonyl (C=O) groups is 1. The second kappa shape index (κ2) is 6.67. The summed E-state index contributed by atoms with van der Waals surface area (Å²) < 4.78 is 6.31. The Bertz CT molecular complexity index is 825. The largest absolute Gasteiger partial charge is 0.363 e. The highest BCUT2D eigenvalue weighted by Crippen LogP contribution is 2.23.